The van der Waals surface area contributed by atoms with Crippen LogP contribution in [0.25, 0.3) is 11.1 Å². The molecule has 2 aromatic carbocycles. The Morgan fingerprint density at radius 3 is 2.49 bits per heavy atom. The van der Waals surface area contributed by atoms with Crippen LogP contribution in [-0.2, 0) is 24.6 Å². The van der Waals surface area contributed by atoms with E-state index in [1.54, 1.807) is 12.4 Å². The summed E-state index contributed by atoms with van der Waals surface area (Å²) < 4.78 is 18.6. The zero-order valence-electron chi connectivity index (χ0n) is 21.8. The maximum atomic E-state index is 11.1. The highest BCUT2D eigenvalue weighted by atomic mass is 79.9. The van der Waals surface area contributed by atoms with Gasteiger partial charge in [0, 0.05) is 54.6 Å². The van der Waals surface area contributed by atoms with Crippen molar-refractivity contribution in [2.75, 3.05) is 20.2 Å². The van der Waals surface area contributed by atoms with Gasteiger partial charge in [0.1, 0.15) is 13.2 Å². The standard InChI is InChI=1S/C29H30BrN5O4/c1-20(36)33-15-14-32-17-25-27(37-2)34-29(35-28(25)38-18-21-8-7-13-31-16-21)39-19-23-11-6-12-24(26(23)30)22-9-4-3-5-10-22/h3-13,16,32H,14-15,17-19H2,1-2H3,(H,33,36). The number of pyridine rings is 1. The lowest BCUT2D eigenvalue weighted by Gasteiger charge is -2.16. The molecule has 0 bridgehead atoms. The van der Waals surface area contributed by atoms with Gasteiger partial charge in [0.2, 0.25) is 17.7 Å². The number of hydrogen-bond acceptors (Lipinski definition) is 8. The maximum Gasteiger partial charge on any atom is 0.323 e. The van der Waals surface area contributed by atoms with E-state index in [1.165, 1.54) is 14.0 Å². The Kier molecular flexibility index (Phi) is 10.2. The molecule has 0 radical (unpaired) electrons. The van der Waals surface area contributed by atoms with Crippen molar-refractivity contribution in [3.63, 3.8) is 0 Å². The number of carbonyl (C=O) groups excluding carboxylic acids is 1. The normalized spacial score (nSPS) is 10.6. The zero-order chi connectivity index (χ0) is 27.5. The summed E-state index contributed by atoms with van der Waals surface area (Å²) in [5.74, 6) is 0.593. The number of carbonyl (C=O) groups is 1. The van der Waals surface area contributed by atoms with Crippen LogP contribution in [0.5, 0.6) is 17.8 Å². The molecule has 0 aliphatic rings. The first-order valence-corrected chi connectivity index (χ1v) is 13.2. The number of aromatic nitrogens is 3. The van der Waals surface area contributed by atoms with Gasteiger partial charge in [-0.3, -0.25) is 9.78 Å². The summed E-state index contributed by atoms with van der Waals surface area (Å²) in [6, 6.07) is 20.1. The van der Waals surface area contributed by atoms with Gasteiger partial charge in [-0.1, -0.05) is 54.6 Å². The highest BCUT2D eigenvalue weighted by molar-refractivity contribution is 9.10. The fraction of sp³-hybridized carbons (Fsp3) is 0.241. The van der Waals surface area contributed by atoms with Crippen LogP contribution in [0.15, 0.2) is 77.5 Å². The van der Waals surface area contributed by atoms with E-state index in [1.807, 2.05) is 42.5 Å². The molecule has 0 spiro atoms. The fourth-order valence-corrected chi connectivity index (χ4v) is 4.39. The van der Waals surface area contributed by atoms with Crippen LogP contribution in [0, 0.1) is 0 Å². The molecule has 2 aromatic heterocycles. The minimum Gasteiger partial charge on any atom is -0.481 e. The van der Waals surface area contributed by atoms with E-state index < -0.39 is 0 Å². The Morgan fingerprint density at radius 2 is 1.74 bits per heavy atom. The van der Waals surface area contributed by atoms with Crippen molar-refractivity contribution in [1.29, 1.82) is 0 Å². The van der Waals surface area contributed by atoms with E-state index >= 15 is 0 Å². The van der Waals surface area contributed by atoms with Crippen LogP contribution in [-0.4, -0.2) is 41.1 Å². The number of nitrogens with one attached hydrogen (secondary N) is 2. The molecular formula is C29H30BrN5O4. The van der Waals surface area contributed by atoms with Crippen molar-refractivity contribution in [3.8, 4) is 28.9 Å². The molecule has 0 aliphatic carbocycles. The predicted molar refractivity (Wildman–Crippen MR) is 151 cm³/mol. The van der Waals surface area contributed by atoms with Gasteiger partial charge in [0.25, 0.3) is 0 Å². The molecule has 0 saturated carbocycles. The summed E-state index contributed by atoms with van der Waals surface area (Å²) in [4.78, 5) is 24.3. The average Bonchev–Trinajstić information content (AvgIpc) is 2.96. The molecule has 4 aromatic rings. The molecule has 0 atom stereocenters. The molecule has 9 nitrogen and oxygen atoms in total. The molecule has 1 amide bonds. The Bertz CT molecular complexity index is 1370. The second-order valence-corrected chi connectivity index (χ2v) is 9.34. The van der Waals surface area contributed by atoms with Gasteiger partial charge in [-0.05, 0) is 33.1 Å². The third-order valence-corrected chi connectivity index (χ3v) is 6.64. The molecule has 10 heteroatoms. The second kappa shape index (κ2) is 14.2. The monoisotopic (exact) mass is 591 g/mol. The quantitative estimate of drug-likeness (QED) is 0.216. The summed E-state index contributed by atoms with van der Waals surface area (Å²) in [5, 5.41) is 6.02. The molecule has 0 fully saturated rings. The second-order valence-electron chi connectivity index (χ2n) is 8.54. The molecule has 202 valence electrons. The summed E-state index contributed by atoms with van der Waals surface area (Å²) in [7, 11) is 1.54. The first kappa shape index (κ1) is 28.0. The van der Waals surface area contributed by atoms with E-state index in [0.29, 0.717) is 37.0 Å². The molecule has 39 heavy (non-hydrogen) atoms. The third kappa shape index (κ3) is 7.98. The highest BCUT2D eigenvalue weighted by Crippen LogP contribution is 2.32. The smallest absolute Gasteiger partial charge is 0.323 e. The molecule has 0 saturated heterocycles. The number of hydrogen-bond donors (Lipinski definition) is 2. The van der Waals surface area contributed by atoms with E-state index in [9.17, 15) is 4.79 Å². The summed E-state index contributed by atoms with van der Waals surface area (Å²) in [6.07, 6.45) is 3.44. The van der Waals surface area contributed by atoms with Crippen LogP contribution in [0.3, 0.4) is 0 Å². The molecule has 0 aliphatic heterocycles. The van der Waals surface area contributed by atoms with Gasteiger partial charge >= 0.3 is 6.01 Å². The van der Waals surface area contributed by atoms with Crippen LogP contribution < -0.4 is 24.8 Å². The summed E-state index contributed by atoms with van der Waals surface area (Å²) >= 11 is 3.74. The van der Waals surface area contributed by atoms with Crippen LogP contribution in [0.1, 0.15) is 23.6 Å². The van der Waals surface area contributed by atoms with Crippen LogP contribution in [0.2, 0.25) is 0 Å². The third-order valence-electron chi connectivity index (χ3n) is 5.70. The van der Waals surface area contributed by atoms with Crippen molar-refractivity contribution in [2.24, 2.45) is 0 Å². The minimum absolute atomic E-state index is 0.0827. The molecule has 4 rings (SSSR count). The first-order valence-electron chi connectivity index (χ1n) is 12.4. The van der Waals surface area contributed by atoms with Gasteiger partial charge in [-0.15, -0.1) is 0 Å². The highest BCUT2D eigenvalue weighted by Gasteiger charge is 2.18. The SMILES string of the molecule is COc1nc(OCc2cccc(-c3ccccc3)c2Br)nc(OCc2cccnc2)c1CNCCNC(C)=O. The lowest BCUT2D eigenvalue weighted by molar-refractivity contribution is -0.118. The van der Waals surface area contributed by atoms with Gasteiger partial charge in [0.15, 0.2) is 0 Å². The van der Waals surface area contributed by atoms with Crippen LogP contribution >= 0.6 is 15.9 Å². The number of benzene rings is 2. The van der Waals surface area contributed by atoms with Crippen LogP contribution in [0.4, 0.5) is 0 Å². The predicted octanol–water partition coefficient (Wildman–Crippen LogP) is 4.69. The van der Waals surface area contributed by atoms with E-state index in [-0.39, 0.29) is 25.1 Å². The number of halogens is 1. The van der Waals surface area contributed by atoms with Crippen molar-refractivity contribution in [3.05, 3.63) is 94.2 Å². The number of nitrogens with zero attached hydrogens (tertiary/aromatic N) is 3. The Balaban J connectivity index is 1.54. The lowest BCUT2D eigenvalue weighted by atomic mass is 10.0. The lowest BCUT2D eigenvalue weighted by Crippen LogP contribution is -2.30. The van der Waals surface area contributed by atoms with E-state index in [2.05, 4.69) is 59.7 Å². The first-order chi connectivity index (χ1) is 19.0. The van der Waals surface area contributed by atoms with Crippen molar-refractivity contribution in [1.82, 2.24) is 25.6 Å². The van der Waals surface area contributed by atoms with Gasteiger partial charge in [0.05, 0.1) is 12.7 Å². The molecule has 0 unspecified atom stereocenters. The van der Waals surface area contributed by atoms with E-state index in [4.69, 9.17) is 14.2 Å². The summed E-state index contributed by atoms with van der Waals surface area (Å²) in [5.41, 5.74) is 4.65. The largest absolute Gasteiger partial charge is 0.481 e. The van der Waals surface area contributed by atoms with Gasteiger partial charge < -0.3 is 24.8 Å². The van der Waals surface area contributed by atoms with Crippen molar-refractivity contribution < 1.29 is 19.0 Å². The molecule has 2 heterocycles. The topological polar surface area (TPSA) is 107 Å². The number of methoxy groups -OCH3 is 1. The van der Waals surface area contributed by atoms with Crippen molar-refractivity contribution in [2.45, 2.75) is 26.7 Å². The number of ether oxygens (including phenoxy) is 3. The molecule has 2 N–H and O–H groups in total. The zero-order valence-corrected chi connectivity index (χ0v) is 23.4. The number of amides is 1. The van der Waals surface area contributed by atoms with Crippen molar-refractivity contribution >= 4 is 21.8 Å². The average molecular weight is 592 g/mol. The fourth-order valence-electron chi connectivity index (χ4n) is 3.78. The van der Waals surface area contributed by atoms with Gasteiger partial charge in [-0.25, -0.2) is 0 Å². The Morgan fingerprint density at radius 1 is 0.923 bits per heavy atom. The maximum absolute atomic E-state index is 11.1. The number of rotatable bonds is 13. The summed E-state index contributed by atoms with van der Waals surface area (Å²) in [6.45, 7) is 3.39. The van der Waals surface area contributed by atoms with Gasteiger partial charge in [-0.2, -0.15) is 9.97 Å². The minimum atomic E-state index is -0.0827. The van der Waals surface area contributed by atoms with E-state index in [0.717, 1.165) is 26.7 Å². The Labute approximate surface area is 236 Å². The Hall–Kier alpha value is -4.02. The molecular weight excluding hydrogens is 562 g/mol.